The van der Waals surface area contributed by atoms with Crippen molar-refractivity contribution in [2.24, 2.45) is 0 Å². The molecule has 0 amide bonds. The lowest BCUT2D eigenvalue weighted by Crippen LogP contribution is -2.18. The van der Waals surface area contributed by atoms with Crippen molar-refractivity contribution in [1.29, 1.82) is 0 Å². The summed E-state index contributed by atoms with van der Waals surface area (Å²) in [6.07, 6.45) is 0. The van der Waals surface area contributed by atoms with Gasteiger partial charge in [0.15, 0.2) is 0 Å². The first-order chi connectivity index (χ1) is 11.7. The Labute approximate surface area is 143 Å². The van der Waals surface area contributed by atoms with E-state index in [1.165, 1.54) is 5.56 Å². The zero-order valence-electron chi connectivity index (χ0n) is 14.3. The highest BCUT2D eigenvalue weighted by Crippen LogP contribution is 2.26. The molecule has 0 radical (unpaired) electrons. The third-order valence-electron chi connectivity index (χ3n) is 3.89. The number of hydrogen-bond donors (Lipinski definition) is 1. The number of benzene rings is 2. The van der Waals surface area contributed by atoms with Crippen LogP contribution in [0.2, 0.25) is 0 Å². The van der Waals surface area contributed by atoms with E-state index in [0.717, 1.165) is 35.4 Å². The Kier molecular flexibility index (Phi) is 4.75. The number of nitrogens with one attached hydrogen (secondary N) is 1. The molecule has 4 nitrogen and oxygen atoms in total. The van der Waals surface area contributed by atoms with E-state index in [4.69, 9.17) is 0 Å². The SMILES string of the molecule is CCN(c1ccccc1)c1cc(Nc2ccccc2C)nc(C)n1. The number of nitrogens with zero attached hydrogens (tertiary/aromatic N) is 3. The van der Waals surface area contributed by atoms with Crippen molar-refractivity contribution < 1.29 is 0 Å². The number of aromatic nitrogens is 2. The summed E-state index contributed by atoms with van der Waals surface area (Å²) >= 11 is 0. The van der Waals surface area contributed by atoms with Gasteiger partial charge in [-0.1, -0.05) is 36.4 Å². The summed E-state index contributed by atoms with van der Waals surface area (Å²) in [6, 6.07) is 20.5. The molecule has 0 aliphatic rings. The fourth-order valence-electron chi connectivity index (χ4n) is 2.69. The summed E-state index contributed by atoms with van der Waals surface area (Å²) in [5.41, 5.74) is 3.37. The van der Waals surface area contributed by atoms with Gasteiger partial charge in [-0.2, -0.15) is 0 Å². The third kappa shape index (κ3) is 3.54. The van der Waals surface area contributed by atoms with E-state index in [0.29, 0.717) is 0 Å². The molecule has 0 bridgehead atoms. The van der Waals surface area contributed by atoms with Crippen LogP contribution < -0.4 is 10.2 Å². The Bertz CT molecular complexity index is 815. The minimum absolute atomic E-state index is 0.748. The maximum Gasteiger partial charge on any atom is 0.138 e. The molecule has 3 aromatic rings. The zero-order chi connectivity index (χ0) is 16.9. The molecular weight excluding hydrogens is 296 g/mol. The summed E-state index contributed by atoms with van der Waals surface area (Å²) in [6.45, 7) is 6.97. The Morgan fingerprint density at radius 2 is 1.62 bits per heavy atom. The van der Waals surface area contributed by atoms with Crippen molar-refractivity contribution in [2.45, 2.75) is 20.8 Å². The van der Waals surface area contributed by atoms with E-state index in [2.05, 4.69) is 58.3 Å². The first kappa shape index (κ1) is 16.0. The Morgan fingerprint density at radius 3 is 2.33 bits per heavy atom. The largest absolute Gasteiger partial charge is 0.340 e. The molecule has 122 valence electrons. The number of rotatable bonds is 5. The van der Waals surface area contributed by atoms with E-state index >= 15 is 0 Å². The van der Waals surface area contributed by atoms with E-state index in [9.17, 15) is 0 Å². The van der Waals surface area contributed by atoms with Crippen LogP contribution in [0.3, 0.4) is 0 Å². The molecule has 0 unspecified atom stereocenters. The van der Waals surface area contributed by atoms with E-state index < -0.39 is 0 Å². The van der Waals surface area contributed by atoms with Crippen LogP contribution in [-0.4, -0.2) is 16.5 Å². The topological polar surface area (TPSA) is 41.0 Å². The molecular formula is C20H22N4. The van der Waals surface area contributed by atoms with Crippen molar-refractivity contribution in [3.05, 3.63) is 72.1 Å². The molecule has 24 heavy (non-hydrogen) atoms. The van der Waals surface area contributed by atoms with Crippen molar-refractivity contribution in [1.82, 2.24) is 9.97 Å². The highest BCUT2D eigenvalue weighted by molar-refractivity contribution is 5.66. The minimum atomic E-state index is 0.748. The van der Waals surface area contributed by atoms with Gasteiger partial charge in [0.05, 0.1) is 0 Å². The van der Waals surface area contributed by atoms with Gasteiger partial charge in [-0.05, 0) is 44.5 Å². The van der Waals surface area contributed by atoms with Crippen molar-refractivity contribution >= 4 is 23.0 Å². The fourth-order valence-corrected chi connectivity index (χ4v) is 2.69. The van der Waals surface area contributed by atoms with Gasteiger partial charge in [0, 0.05) is 24.0 Å². The lowest BCUT2D eigenvalue weighted by Gasteiger charge is -2.23. The van der Waals surface area contributed by atoms with Crippen LogP contribution in [0.5, 0.6) is 0 Å². The predicted octanol–water partition coefficient (Wildman–Crippen LogP) is 5.00. The Balaban J connectivity index is 1.95. The van der Waals surface area contributed by atoms with E-state index in [1.807, 2.05) is 43.3 Å². The highest BCUT2D eigenvalue weighted by Gasteiger charge is 2.11. The molecule has 0 saturated heterocycles. The second-order valence-corrected chi connectivity index (χ2v) is 5.68. The normalized spacial score (nSPS) is 10.5. The molecule has 0 aliphatic carbocycles. The molecule has 3 rings (SSSR count). The maximum absolute atomic E-state index is 4.62. The summed E-state index contributed by atoms with van der Waals surface area (Å²) in [4.78, 5) is 11.3. The lowest BCUT2D eigenvalue weighted by atomic mass is 10.2. The number of para-hydroxylation sites is 2. The van der Waals surface area contributed by atoms with Crippen LogP contribution in [0, 0.1) is 13.8 Å². The van der Waals surface area contributed by atoms with Crippen molar-refractivity contribution in [3.8, 4) is 0 Å². The molecule has 0 aliphatic heterocycles. The van der Waals surface area contributed by atoms with Gasteiger partial charge in [-0.25, -0.2) is 9.97 Å². The quantitative estimate of drug-likeness (QED) is 0.719. The zero-order valence-corrected chi connectivity index (χ0v) is 14.3. The van der Waals surface area contributed by atoms with E-state index in [-0.39, 0.29) is 0 Å². The number of anilines is 4. The van der Waals surface area contributed by atoms with Gasteiger partial charge in [0.25, 0.3) is 0 Å². The molecule has 0 fully saturated rings. The van der Waals surface area contributed by atoms with Gasteiger partial charge >= 0.3 is 0 Å². The summed E-state index contributed by atoms with van der Waals surface area (Å²) in [7, 11) is 0. The van der Waals surface area contributed by atoms with Gasteiger partial charge in [0.2, 0.25) is 0 Å². The van der Waals surface area contributed by atoms with Crippen molar-refractivity contribution in [3.63, 3.8) is 0 Å². The molecule has 1 N–H and O–H groups in total. The van der Waals surface area contributed by atoms with Crippen LogP contribution >= 0.6 is 0 Å². The Morgan fingerprint density at radius 1 is 0.917 bits per heavy atom. The number of hydrogen-bond acceptors (Lipinski definition) is 4. The minimum Gasteiger partial charge on any atom is -0.340 e. The van der Waals surface area contributed by atoms with Crippen molar-refractivity contribution in [2.75, 3.05) is 16.8 Å². The van der Waals surface area contributed by atoms with Crippen LogP contribution in [0.25, 0.3) is 0 Å². The van der Waals surface area contributed by atoms with Crippen LogP contribution in [0.15, 0.2) is 60.7 Å². The monoisotopic (exact) mass is 318 g/mol. The maximum atomic E-state index is 4.62. The molecule has 4 heteroatoms. The molecule has 0 saturated carbocycles. The summed E-state index contributed by atoms with van der Waals surface area (Å²) in [5.74, 6) is 2.45. The average Bonchev–Trinajstić information content (AvgIpc) is 2.58. The molecule has 1 aromatic heterocycles. The smallest absolute Gasteiger partial charge is 0.138 e. The third-order valence-corrected chi connectivity index (χ3v) is 3.89. The first-order valence-electron chi connectivity index (χ1n) is 8.18. The van der Waals surface area contributed by atoms with Gasteiger partial charge < -0.3 is 10.2 Å². The molecule has 0 spiro atoms. The van der Waals surface area contributed by atoms with Crippen LogP contribution in [-0.2, 0) is 0 Å². The first-order valence-corrected chi connectivity index (χ1v) is 8.18. The lowest BCUT2D eigenvalue weighted by molar-refractivity contribution is 0.953. The molecule has 2 aromatic carbocycles. The number of aryl methyl sites for hydroxylation is 2. The predicted molar refractivity (Wildman–Crippen MR) is 100 cm³/mol. The fraction of sp³-hybridized carbons (Fsp3) is 0.200. The average molecular weight is 318 g/mol. The molecule has 0 atom stereocenters. The van der Waals surface area contributed by atoms with Gasteiger partial charge in [-0.3, -0.25) is 0 Å². The second kappa shape index (κ2) is 7.13. The highest BCUT2D eigenvalue weighted by atomic mass is 15.2. The van der Waals surface area contributed by atoms with Gasteiger partial charge in [0.1, 0.15) is 17.5 Å². The molecule has 1 heterocycles. The Hall–Kier alpha value is -2.88. The summed E-state index contributed by atoms with van der Waals surface area (Å²) < 4.78 is 0. The van der Waals surface area contributed by atoms with Gasteiger partial charge in [-0.15, -0.1) is 0 Å². The summed E-state index contributed by atoms with van der Waals surface area (Å²) in [5, 5.41) is 3.41. The van der Waals surface area contributed by atoms with Crippen LogP contribution in [0.4, 0.5) is 23.0 Å². The second-order valence-electron chi connectivity index (χ2n) is 5.68. The van der Waals surface area contributed by atoms with Crippen LogP contribution in [0.1, 0.15) is 18.3 Å². The van der Waals surface area contributed by atoms with E-state index in [1.54, 1.807) is 0 Å². The standard InChI is InChI=1S/C20H22N4/c1-4-24(17-11-6-5-7-12-17)20-14-19(21-16(3)22-20)23-18-13-9-8-10-15(18)2/h5-14H,4H2,1-3H3,(H,21,22,23).